The topological polar surface area (TPSA) is 54.0 Å². The van der Waals surface area contributed by atoms with E-state index < -0.39 is 8.80 Å². The quantitative estimate of drug-likeness (QED) is 0.519. The lowest BCUT2D eigenvalue weighted by atomic mass is 10.6. The monoisotopic (exact) mass is 262 g/mol. The summed E-state index contributed by atoms with van der Waals surface area (Å²) in [7, 11) is -2.27. The molecule has 0 radical (unpaired) electrons. The van der Waals surface area contributed by atoms with Crippen LogP contribution < -0.4 is 0 Å². The van der Waals surface area contributed by atoms with Crippen LogP contribution in [0.3, 0.4) is 0 Å². The van der Waals surface area contributed by atoms with Crippen LogP contribution in [0.5, 0.6) is 0 Å². The fourth-order valence-electron chi connectivity index (χ4n) is 1.21. The minimum atomic E-state index is -2.27. The van der Waals surface area contributed by atoms with E-state index in [4.69, 9.17) is 13.3 Å². The SMILES string of the molecule is CCO[Si](CC)(OCC)OCC.O=C1C=CO1. The molecule has 0 fully saturated rings. The van der Waals surface area contributed by atoms with Gasteiger partial charge < -0.3 is 18.0 Å². The van der Waals surface area contributed by atoms with Crippen LogP contribution in [0.1, 0.15) is 27.7 Å². The summed E-state index contributed by atoms with van der Waals surface area (Å²) in [5.74, 6) is -0.245. The van der Waals surface area contributed by atoms with Crippen LogP contribution >= 0.6 is 0 Å². The second kappa shape index (κ2) is 9.35. The van der Waals surface area contributed by atoms with Gasteiger partial charge in [0.05, 0.1) is 6.08 Å². The normalized spacial score (nSPS) is 13.5. The molecule has 0 unspecified atom stereocenters. The van der Waals surface area contributed by atoms with Crippen molar-refractivity contribution in [1.29, 1.82) is 0 Å². The number of ether oxygens (including phenoxy) is 1. The molecular formula is C11H22O5Si. The van der Waals surface area contributed by atoms with E-state index in [1.807, 2.05) is 27.7 Å². The molecule has 0 aromatic heterocycles. The molecule has 6 heteroatoms. The Morgan fingerprint density at radius 3 is 1.53 bits per heavy atom. The van der Waals surface area contributed by atoms with E-state index in [9.17, 15) is 4.79 Å². The Hall–Kier alpha value is -0.693. The van der Waals surface area contributed by atoms with Crippen LogP contribution in [0.25, 0.3) is 0 Å². The average Bonchev–Trinajstić information content (AvgIpc) is 2.28. The number of esters is 1. The van der Waals surface area contributed by atoms with Crippen LogP contribution in [-0.4, -0.2) is 34.6 Å². The van der Waals surface area contributed by atoms with Gasteiger partial charge in [0.25, 0.3) is 0 Å². The first-order valence-electron chi connectivity index (χ1n) is 5.93. The third kappa shape index (κ3) is 6.57. The van der Waals surface area contributed by atoms with E-state index in [1.165, 1.54) is 12.3 Å². The van der Waals surface area contributed by atoms with Crippen molar-refractivity contribution < 1.29 is 22.8 Å². The summed E-state index contributed by atoms with van der Waals surface area (Å²) < 4.78 is 20.8. The molecule has 0 aromatic carbocycles. The maximum Gasteiger partial charge on any atom is 0.500 e. The average molecular weight is 262 g/mol. The maximum absolute atomic E-state index is 9.59. The molecule has 17 heavy (non-hydrogen) atoms. The van der Waals surface area contributed by atoms with Crippen molar-refractivity contribution in [1.82, 2.24) is 0 Å². The zero-order valence-corrected chi connectivity index (χ0v) is 12.0. The molecule has 100 valence electrons. The third-order valence-corrected chi connectivity index (χ3v) is 4.97. The molecule has 0 saturated carbocycles. The number of carbonyl (C=O) groups is 1. The highest BCUT2D eigenvalue weighted by Crippen LogP contribution is 2.14. The summed E-state index contributed by atoms with van der Waals surface area (Å²) in [6.07, 6.45) is 2.71. The molecule has 0 N–H and O–H groups in total. The third-order valence-electron chi connectivity index (χ3n) is 1.91. The zero-order valence-electron chi connectivity index (χ0n) is 11.0. The van der Waals surface area contributed by atoms with Gasteiger partial charge in [-0.1, -0.05) is 6.92 Å². The molecule has 0 aliphatic carbocycles. The van der Waals surface area contributed by atoms with E-state index in [-0.39, 0.29) is 5.97 Å². The lowest BCUT2D eigenvalue weighted by Crippen LogP contribution is -2.45. The molecule has 1 rings (SSSR count). The molecule has 0 bridgehead atoms. The van der Waals surface area contributed by atoms with Crippen LogP contribution in [0.15, 0.2) is 12.3 Å². The standard InChI is InChI=1S/C8H20O3Si.C3H2O2/c1-5-9-12(8-4,10-6-2)11-7-3;4-3-1-2-5-3/h5-8H2,1-4H3;1-2H. The number of cyclic esters (lactones) is 1. The molecule has 1 aliphatic heterocycles. The molecule has 1 heterocycles. The summed E-state index contributed by atoms with van der Waals surface area (Å²) in [4.78, 5) is 9.59. The van der Waals surface area contributed by atoms with Gasteiger partial charge in [0.15, 0.2) is 0 Å². The van der Waals surface area contributed by atoms with Gasteiger partial charge in [0.1, 0.15) is 6.26 Å². The number of hydrogen-bond donors (Lipinski definition) is 0. The lowest BCUT2D eigenvalue weighted by molar-refractivity contribution is -0.136. The van der Waals surface area contributed by atoms with Gasteiger partial charge in [0, 0.05) is 25.9 Å². The predicted molar refractivity (Wildman–Crippen MR) is 66.3 cm³/mol. The van der Waals surface area contributed by atoms with Crippen LogP contribution in [0.4, 0.5) is 0 Å². The molecule has 0 amide bonds. The molecule has 0 aromatic rings. The van der Waals surface area contributed by atoms with Crippen LogP contribution in [0.2, 0.25) is 6.04 Å². The smallest absolute Gasteiger partial charge is 0.431 e. The van der Waals surface area contributed by atoms with E-state index in [1.54, 1.807) is 0 Å². The Kier molecular flexibility index (Phi) is 8.97. The first-order chi connectivity index (χ1) is 8.14. The van der Waals surface area contributed by atoms with Crippen molar-refractivity contribution in [2.45, 2.75) is 33.7 Å². The Labute approximate surface area is 104 Å². The van der Waals surface area contributed by atoms with E-state index in [2.05, 4.69) is 4.74 Å². The van der Waals surface area contributed by atoms with Gasteiger partial charge in [-0.05, 0) is 20.8 Å². The minimum absolute atomic E-state index is 0.245. The fraction of sp³-hybridized carbons (Fsp3) is 0.727. The van der Waals surface area contributed by atoms with Gasteiger partial charge >= 0.3 is 14.8 Å². The van der Waals surface area contributed by atoms with Crippen molar-refractivity contribution in [3.8, 4) is 0 Å². The Morgan fingerprint density at radius 2 is 1.41 bits per heavy atom. The molecule has 5 nitrogen and oxygen atoms in total. The van der Waals surface area contributed by atoms with Gasteiger partial charge in [-0.2, -0.15) is 0 Å². The van der Waals surface area contributed by atoms with Gasteiger partial charge in [-0.15, -0.1) is 0 Å². The van der Waals surface area contributed by atoms with Gasteiger partial charge in [-0.25, -0.2) is 4.79 Å². The Morgan fingerprint density at radius 1 is 1.06 bits per heavy atom. The zero-order chi connectivity index (χ0) is 13.1. The Balaban J connectivity index is 0.000000419. The van der Waals surface area contributed by atoms with E-state index in [0.29, 0.717) is 19.8 Å². The fourth-order valence-corrected chi connectivity index (χ4v) is 3.40. The van der Waals surface area contributed by atoms with Crippen molar-refractivity contribution in [2.75, 3.05) is 19.8 Å². The summed E-state index contributed by atoms with van der Waals surface area (Å²) in [6, 6.07) is 0.850. The highest BCUT2D eigenvalue weighted by Gasteiger charge is 2.37. The number of rotatable bonds is 7. The predicted octanol–water partition coefficient (Wildman–Crippen LogP) is 2.11. The van der Waals surface area contributed by atoms with Crippen molar-refractivity contribution in [2.24, 2.45) is 0 Å². The second-order valence-corrected chi connectivity index (χ2v) is 6.01. The van der Waals surface area contributed by atoms with Gasteiger partial charge in [-0.3, -0.25) is 0 Å². The maximum atomic E-state index is 9.59. The molecular weight excluding hydrogens is 240 g/mol. The Bertz CT molecular complexity index is 225. The van der Waals surface area contributed by atoms with Gasteiger partial charge in [0.2, 0.25) is 0 Å². The van der Waals surface area contributed by atoms with E-state index in [0.717, 1.165) is 6.04 Å². The van der Waals surface area contributed by atoms with E-state index >= 15 is 0 Å². The molecule has 0 atom stereocenters. The minimum Gasteiger partial charge on any atom is -0.431 e. The summed E-state index contributed by atoms with van der Waals surface area (Å²) >= 11 is 0. The molecule has 0 spiro atoms. The second-order valence-electron chi connectivity index (χ2n) is 3.08. The number of hydrogen-bond acceptors (Lipinski definition) is 5. The van der Waals surface area contributed by atoms with Crippen molar-refractivity contribution in [3.05, 3.63) is 12.3 Å². The largest absolute Gasteiger partial charge is 0.500 e. The van der Waals surface area contributed by atoms with Crippen LogP contribution in [-0.2, 0) is 22.8 Å². The molecule has 1 aliphatic rings. The summed E-state index contributed by atoms with van der Waals surface area (Å²) in [5.41, 5.74) is 0. The number of carbonyl (C=O) groups excluding carboxylic acids is 1. The summed E-state index contributed by atoms with van der Waals surface area (Å²) in [5, 5.41) is 0. The first-order valence-corrected chi connectivity index (χ1v) is 7.86. The summed E-state index contributed by atoms with van der Waals surface area (Å²) in [6.45, 7) is 9.95. The molecule has 0 saturated heterocycles. The van der Waals surface area contributed by atoms with Crippen molar-refractivity contribution in [3.63, 3.8) is 0 Å². The highest BCUT2D eigenvalue weighted by atomic mass is 28.4. The van der Waals surface area contributed by atoms with Crippen LogP contribution in [0, 0.1) is 0 Å². The lowest BCUT2D eigenvalue weighted by Gasteiger charge is -2.26. The highest BCUT2D eigenvalue weighted by molar-refractivity contribution is 6.60. The van der Waals surface area contributed by atoms with Crippen molar-refractivity contribution >= 4 is 14.8 Å². The first kappa shape index (κ1) is 16.3.